The molecule has 0 aromatic rings. The van der Waals surface area contributed by atoms with E-state index < -0.39 is 22.4 Å². The second-order valence-electron chi connectivity index (χ2n) is 6.61. The van der Waals surface area contributed by atoms with Gasteiger partial charge in [-0.3, -0.25) is 14.5 Å². The van der Waals surface area contributed by atoms with Crippen LogP contribution in [0.2, 0.25) is 0 Å². The van der Waals surface area contributed by atoms with Crippen LogP contribution in [0.4, 0.5) is 0 Å². The van der Waals surface area contributed by atoms with Gasteiger partial charge >= 0.3 is 5.97 Å². The van der Waals surface area contributed by atoms with Crippen molar-refractivity contribution in [3.63, 3.8) is 0 Å². The molecule has 3 atom stereocenters. The van der Waals surface area contributed by atoms with Gasteiger partial charge in [0.15, 0.2) is 0 Å². The molecule has 0 saturated carbocycles. The maximum Gasteiger partial charge on any atom is 0.354 e. The average Bonchev–Trinajstić information content (AvgIpc) is 2.63. The molecule has 3 rings (SSSR count). The number of hydrogen-bond donors (Lipinski definition) is 1. The molecule has 0 bridgehead atoms. The molecule has 0 aliphatic carbocycles. The number of carbonyl (C=O) groups is 3. The number of β-lactam (4-membered cyclic amide) rings is 1. The number of amides is 2. The summed E-state index contributed by atoms with van der Waals surface area (Å²) in [6.45, 7) is 2.53. The highest BCUT2D eigenvalue weighted by molar-refractivity contribution is 8.00. The van der Waals surface area contributed by atoms with Gasteiger partial charge < -0.3 is 14.8 Å². The van der Waals surface area contributed by atoms with E-state index in [0.717, 1.165) is 12.0 Å². The molecule has 2 unspecified atom stereocenters. The van der Waals surface area contributed by atoms with Crippen molar-refractivity contribution in [2.75, 3.05) is 19.8 Å². The first kappa shape index (κ1) is 21.8. The molecule has 0 aromatic heterocycles. The minimum atomic E-state index is -1.74. The normalized spacial score (nSPS) is 27.2. The topological polar surface area (TPSA) is 84.9 Å². The number of esters is 1. The molecule has 1 saturated heterocycles. The summed E-state index contributed by atoms with van der Waals surface area (Å²) in [5.74, 6) is -1.37. The first-order chi connectivity index (χ1) is 13.2. The Balaban J connectivity index is 1.61. The monoisotopic (exact) mass is 468 g/mol. The van der Waals surface area contributed by atoms with E-state index >= 15 is 0 Å². The van der Waals surface area contributed by atoms with E-state index in [0.29, 0.717) is 13.2 Å². The molecule has 0 spiro atoms. The Kier molecular flexibility index (Phi) is 6.87. The molecular formula is C17H19Cl3N2O5S. The standard InChI is InChI=1S/C17H19Cl3N2O5S/c1-9-5-11(16(25)27-8-17(18,19)20)22-14(24)13(15(22)28-9)21-12(23)6-10-3-2-4-26-7-10/h3,5,9,13,15H,2,4,6-8H2,1H3,(H,21,23)/t9?,13?,15-/m1/s1. The first-order valence-electron chi connectivity index (χ1n) is 8.65. The van der Waals surface area contributed by atoms with Gasteiger partial charge in [0.2, 0.25) is 9.70 Å². The zero-order valence-electron chi connectivity index (χ0n) is 15.0. The van der Waals surface area contributed by atoms with Gasteiger partial charge in [0.25, 0.3) is 5.91 Å². The second-order valence-corrected chi connectivity index (χ2v) is 10.6. The summed E-state index contributed by atoms with van der Waals surface area (Å²) in [7, 11) is 0. The quantitative estimate of drug-likeness (QED) is 0.288. The molecule has 3 aliphatic rings. The lowest BCUT2D eigenvalue weighted by Crippen LogP contribution is -2.70. The number of ether oxygens (including phenoxy) is 2. The maximum atomic E-state index is 12.6. The number of carbonyl (C=O) groups excluding carboxylic acids is 3. The lowest BCUT2D eigenvalue weighted by molar-refractivity contribution is -0.152. The van der Waals surface area contributed by atoms with Crippen molar-refractivity contribution in [3.8, 4) is 0 Å². The van der Waals surface area contributed by atoms with Crippen LogP contribution in [0, 0.1) is 0 Å². The fraction of sp³-hybridized carbons (Fsp3) is 0.588. The Labute approximate surface area is 181 Å². The van der Waals surface area contributed by atoms with Crippen LogP contribution >= 0.6 is 46.6 Å². The minimum Gasteiger partial charge on any atom is -0.456 e. The van der Waals surface area contributed by atoms with Crippen LogP contribution in [-0.4, -0.2) is 63.0 Å². The number of halogens is 3. The summed E-state index contributed by atoms with van der Waals surface area (Å²) in [4.78, 5) is 38.5. The highest BCUT2D eigenvalue weighted by Crippen LogP contribution is 2.41. The van der Waals surface area contributed by atoms with E-state index in [1.54, 1.807) is 6.08 Å². The molecule has 7 nitrogen and oxygen atoms in total. The Morgan fingerprint density at radius 1 is 1.43 bits per heavy atom. The smallest absolute Gasteiger partial charge is 0.354 e. The summed E-state index contributed by atoms with van der Waals surface area (Å²) in [5, 5.41) is 2.32. The van der Waals surface area contributed by atoms with Crippen molar-refractivity contribution in [1.82, 2.24) is 10.2 Å². The Morgan fingerprint density at radius 3 is 2.82 bits per heavy atom. The van der Waals surface area contributed by atoms with E-state index in [-0.39, 0.29) is 34.6 Å². The Morgan fingerprint density at radius 2 is 2.18 bits per heavy atom. The van der Waals surface area contributed by atoms with E-state index in [2.05, 4.69) is 5.32 Å². The van der Waals surface area contributed by atoms with E-state index in [4.69, 9.17) is 44.3 Å². The van der Waals surface area contributed by atoms with Crippen molar-refractivity contribution in [2.24, 2.45) is 0 Å². The van der Waals surface area contributed by atoms with Crippen LogP contribution in [0.15, 0.2) is 23.4 Å². The van der Waals surface area contributed by atoms with E-state index in [9.17, 15) is 14.4 Å². The van der Waals surface area contributed by atoms with Crippen LogP contribution in [0.25, 0.3) is 0 Å². The molecule has 0 aromatic carbocycles. The maximum absolute atomic E-state index is 12.6. The van der Waals surface area contributed by atoms with Crippen molar-refractivity contribution in [2.45, 2.75) is 40.2 Å². The average molecular weight is 470 g/mol. The third-order valence-electron chi connectivity index (χ3n) is 4.31. The SMILES string of the molecule is CC1C=C(C(=O)OCC(Cl)(Cl)Cl)N2C(=O)C(NC(=O)CC3=CCCOC3)[C@H]2S1. The predicted octanol–water partition coefficient (Wildman–Crippen LogP) is 2.31. The van der Waals surface area contributed by atoms with Crippen molar-refractivity contribution >= 4 is 64.3 Å². The lowest BCUT2D eigenvalue weighted by Gasteiger charge is -2.49. The summed E-state index contributed by atoms with van der Waals surface area (Å²) < 4.78 is 8.58. The number of rotatable bonds is 5. The second kappa shape index (κ2) is 8.83. The number of nitrogens with zero attached hydrogens (tertiary/aromatic N) is 1. The highest BCUT2D eigenvalue weighted by Gasteiger charge is 2.54. The number of alkyl halides is 3. The molecule has 0 radical (unpaired) electrons. The lowest BCUT2D eigenvalue weighted by atomic mass is 10.0. The van der Waals surface area contributed by atoms with Crippen LogP contribution in [0.3, 0.4) is 0 Å². The van der Waals surface area contributed by atoms with Gasteiger partial charge in [0, 0.05) is 11.7 Å². The molecule has 3 aliphatic heterocycles. The van der Waals surface area contributed by atoms with E-state index in [1.165, 1.54) is 16.7 Å². The molecule has 11 heteroatoms. The van der Waals surface area contributed by atoms with Crippen LogP contribution in [0.5, 0.6) is 0 Å². The fourth-order valence-electron chi connectivity index (χ4n) is 3.10. The van der Waals surface area contributed by atoms with Crippen LogP contribution in [-0.2, 0) is 23.9 Å². The molecule has 28 heavy (non-hydrogen) atoms. The first-order valence-corrected chi connectivity index (χ1v) is 10.7. The summed E-state index contributed by atoms with van der Waals surface area (Å²) in [5.41, 5.74) is 0.998. The largest absolute Gasteiger partial charge is 0.456 e. The number of thioether (sulfide) groups is 1. The zero-order chi connectivity index (χ0) is 20.5. The highest BCUT2D eigenvalue weighted by atomic mass is 35.6. The molecule has 154 valence electrons. The third-order valence-corrected chi connectivity index (χ3v) is 5.97. The van der Waals surface area contributed by atoms with Gasteiger partial charge in [-0.25, -0.2) is 4.79 Å². The van der Waals surface area contributed by atoms with Gasteiger partial charge in [-0.2, -0.15) is 0 Å². The van der Waals surface area contributed by atoms with Gasteiger partial charge in [-0.15, -0.1) is 11.8 Å². The van der Waals surface area contributed by atoms with Crippen molar-refractivity contribution in [3.05, 3.63) is 23.4 Å². The van der Waals surface area contributed by atoms with Crippen molar-refractivity contribution < 1.29 is 23.9 Å². The molecule has 1 fully saturated rings. The predicted molar refractivity (Wildman–Crippen MR) is 107 cm³/mol. The minimum absolute atomic E-state index is 0.0569. The van der Waals surface area contributed by atoms with Gasteiger partial charge in [-0.05, 0) is 25.0 Å². The fourth-order valence-corrected chi connectivity index (χ4v) is 4.60. The van der Waals surface area contributed by atoms with Gasteiger partial charge in [0.05, 0.1) is 13.2 Å². The number of fused-ring (bicyclic) bond motifs is 1. The Bertz CT molecular complexity index is 737. The molecule has 2 amide bonds. The van der Waals surface area contributed by atoms with Crippen LogP contribution in [0.1, 0.15) is 19.8 Å². The summed E-state index contributed by atoms with van der Waals surface area (Å²) in [6.07, 6.45) is 4.57. The number of nitrogens with one attached hydrogen (secondary N) is 1. The third kappa shape index (κ3) is 5.16. The van der Waals surface area contributed by atoms with Crippen molar-refractivity contribution in [1.29, 1.82) is 0 Å². The molecular weight excluding hydrogens is 451 g/mol. The Hall–Kier alpha value is -0.930. The molecule has 3 heterocycles. The number of hydrogen-bond acceptors (Lipinski definition) is 6. The molecule has 1 N–H and O–H groups in total. The van der Waals surface area contributed by atoms with E-state index in [1.807, 2.05) is 13.0 Å². The summed E-state index contributed by atoms with van der Waals surface area (Å²) in [6, 6.07) is -0.699. The van der Waals surface area contributed by atoms with Gasteiger partial charge in [0.1, 0.15) is 23.7 Å². The summed E-state index contributed by atoms with van der Waals surface area (Å²) >= 11 is 18.3. The van der Waals surface area contributed by atoms with Crippen LogP contribution < -0.4 is 5.32 Å². The van der Waals surface area contributed by atoms with Gasteiger partial charge in [-0.1, -0.05) is 40.9 Å². The zero-order valence-corrected chi connectivity index (χ0v) is 18.0.